The fraction of sp³-hybridized carbons (Fsp3) is 0.600. The molecule has 1 aliphatic rings. The molecule has 5 nitrogen and oxygen atoms in total. The molecule has 0 bridgehead atoms. The second-order valence-corrected chi connectivity index (χ2v) is 8.66. The van der Waals surface area contributed by atoms with Crippen molar-refractivity contribution in [2.24, 2.45) is 5.92 Å². The van der Waals surface area contributed by atoms with E-state index in [1.54, 1.807) is 17.0 Å². The van der Waals surface area contributed by atoms with E-state index in [2.05, 4.69) is 0 Å². The first-order valence-corrected chi connectivity index (χ1v) is 10.1. The van der Waals surface area contributed by atoms with Crippen LogP contribution in [-0.4, -0.2) is 47.0 Å². The van der Waals surface area contributed by atoms with Crippen molar-refractivity contribution < 1.29 is 14.3 Å². The molecule has 0 spiro atoms. The molecule has 0 aliphatic carbocycles. The molecule has 7 heteroatoms. The Balaban J connectivity index is 1.92. The second kappa shape index (κ2) is 9.16. The molecular weight excluding hydrogens is 387 g/mol. The van der Waals surface area contributed by atoms with Gasteiger partial charge in [-0.05, 0) is 58.2 Å². The van der Waals surface area contributed by atoms with Crippen LogP contribution in [-0.2, 0) is 16.1 Å². The summed E-state index contributed by atoms with van der Waals surface area (Å²) in [6.07, 6.45) is 0.989. The number of carbonyl (C=O) groups is 2. The lowest BCUT2D eigenvalue weighted by Crippen LogP contribution is -2.45. The number of amides is 2. The Labute approximate surface area is 171 Å². The quantitative estimate of drug-likeness (QED) is 0.696. The number of piperidine rings is 1. The Bertz CT molecular complexity index is 680. The number of halogens is 2. The summed E-state index contributed by atoms with van der Waals surface area (Å²) in [5, 5.41) is 0.993. The van der Waals surface area contributed by atoms with E-state index in [-0.39, 0.29) is 17.9 Å². The van der Waals surface area contributed by atoms with Gasteiger partial charge in [0.25, 0.3) is 0 Å². The first-order chi connectivity index (χ1) is 12.6. The number of hydrogen-bond donors (Lipinski definition) is 0. The third-order valence-electron chi connectivity index (χ3n) is 4.55. The molecule has 0 atom stereocenters. The molecule has 0 saturated carbocycles. The van der Waals surface area contributed by atoms with Gasteiger partial charge in [-0.25, -0.2) is 4.79 Å². The van der Waals surface area contributed by atoms with Gasteiger partial charge in [-0.3, -0.25) is 4.79 Å². The maximum absolute atomic E-state index is 12.9. The third-order valence-corrected chi connectivity index (χ3v) is 5.29. The Kier molecular flexibility index (Phi) is 7.40. The highest BCUT2D eigenvalue weighted by Crippen LogP contribution is 2.25. The number of carbonyl (C=O) groups excluding carboxylic acids is 2. The zero-order valence-corrected chi connectivity index (χ0v) is 17.9. The van der Waals surface area contributed by atoms with Crippen LogP contribution in [0.4, 0.5) is 4.79 Å². The molecule has 0 unspecified atom stereocenters. The monoisotopic (exact) mass is 414 g/mol. The largest absolute Gasteiger partial charge is 0.444 e. The van der Waals surface area contributed by atoms with Crippen molar-refractivity contribution in [2.45, 2.75) is 52.7 Å². The van der Waals surface area contributed by atoms with E-state index < -0.39 is 5.60 Å². The van der Waals surface area contributed by atoms with Crippen molar-refractivity contribution in [1.29, 1.82) is 0 Å². The second-order valence-electron chi connectivity index (χ2n) is 7.84. The van der Waals surface area contributed by atoms with E-state index in [0.717, 1.165) is 5.56 Å². The Morgan fingerprint density at radius 2 is 1.81 bits per heavy atom. The molecule has 1 aromatic rings. The molecular formula is C20H28Cl2N2O3. The minimum atomic E-state index is -0.511. The highest BCUT2D eigenvalue weighted by atomic mass is 35.5. The number of benzene rings is 1. The SMILES string of the molecule is CCN(Cc1ccc(Cl)c(Cl)c1)C(=O)C1CCN(C(=O)OC(C)(C)C)CC1. The van der Waals surface area contributed by atoms with E-state index in [1.807, 2.05) is 38.7 Å². The van der Waals surface area contributed by atoms with Crippen LogP contribution in [0, 0.1) is 5.92 Å². The molecule has 1 heterocycles. The maximum atomic E-state index is 12.9. The minimum absolute atomic E-state index is 0.0774. The van der Waals surface area contributed by atoms with Gasteiger partial charge in [0, 0.05) is 32.1 Å². The lowest BCUT2D eigenvalue weighted by atomic mass is 9.95. The van der Waals surface area contributed by atoms with Crippen LogP contribution >= 0.6 is 23.2 Å². The molecule has 0 radical (unpaired) electrons. The van der Waals surface area contributed by atoms with Crippen LogP contribution in [0.15, 0.2) is 18.2 Å². The van der Waals surface area contributed by atoms with Gasteiger partial charge in [0.05, 0.1) is 10.0 Å². The van der Waals surface area contributed by atoms with Crippen molar-refractivity contribution >= 4 is 35.2 Å². The van der Waals surface area contributed by atoms with Gasteiger partial charge >= 0.3 is 6.09 Å². The lowest BCUT2D eigenvalue weighted by Gasteiger charge is -2.35. The summed E-state index contributed by atoms with van der Waals surface area (Å²) in [6, 6.07) is 5.43. The fourth-order valence-electron chi connectivity index (χ4n) is 3.10. The first-order valence-electron chi connectivity index (χ1n) is 9.31. The standard InChI is InChI=1S/C20H28Cl2N2O3/c1-5-23(13-14-6-7-16(21)17(22)12-14)18(25)15-8-10-24(11-9-15)19(26)27-20(2,3)4/h6-7,12,15H,5,8-11,13H2,1-4H3. The highest BCUT2D eigenvalue weighted by Gasteiger charge is 2.31. The molecule has 1 aliphatic heterocycles. The van der Waals surface area contributed by atoms with E-state index in [4.69, 9.17) is 27.9 Å². The summed E-state index contributed by atoms with van der Waals surface area (Å²) >= 11 is 12.0. The topological polar surface area (TPSA) is 49.9 Å². The summed E-state index contributed by atoms with van der Waals surface area (Å²) in [6.45, 7) is 9.70. The van der Waals surface area contributed by atoms with Gasteiger partial charge in [-0.1, -0.05) is 29.3 Å². The first kappa shape index (κ1) is 21.8. The number of nitrogens with zero attached hydrogens (tertiary/aromatic N) is 2. The van der Waals surface area contributed by atoms with Gasteiger partial charge in [0.15, 0.2) is 0 Å². The van der Waals surface area contributed by atoms with Crippen molar-refractivity contribution in [3.8, 4) is 0 Å². The molecule has 150 valence electrons. The Hall–Kier alpha value is -1.46. The zero-order chi connectivity index (χ0) is 20.2. The minimum Gasteiger partial charge on any atom is -0.444 e. The van der Waals surface area contributed by atoms with Crippen LogP contribution in [0.1, 0.15) is 46.1 Å². The summed E-state index contributed by atoms with van der Waals surface area (Å²) in [7, 11) is 0. The highest BCUT2D eigenvalue weighted by molar-refractivity contribution is 6.42. The molecule has 1 aromatic carbocycles. The van der Waals surface area contributed by atoms with Crippen molar-refractivity contribution in [1.82, 2.24) is 9.80 Å². The van der Waals surface area contributed by atoms with Gasteiger partial charge in [-0.15, -0.1) is 0 Å². The number of rotatable bonds is 4. The average Bonchev–Trinajstić information content (AvgIpc) is 2.60. The predicted octanol–water partition coefficient (Wildman–Crippen LogP) is 4.99. The summed E-state index contributed by atoms with van der Waals surface area (Å²) in [4.78, 5) is 28.6. The molecule has 0 N–H and O–H groups in total. The van der Waals surface area contributed by atoms with Crippen LogP contribution in [0.3, 0.4) is 0 Å². The van der Waals surface area contributed by atoms with Crippen molar-refractivity contribution in [3.63, 3.8) is 0 Å². The fourth-order valence-corrected chi connectivity index (χ4v) is 3.42. The zero-order valence-electron chi connectivity index (χ0n) is 16.4. The van der Waals surface area contributed by atoms with Crippen molar-refractivity contribution in [2.75, 3.05) is 19.6 Å². The molecule has 2 amide bonds. The summed E-state index contributed by atoms with van der Waals surface area (Å²) < 4.78 is 5.41. The smallest absolute Gasteiger partial charge is 0.410 e. The van der Waals surface area contributed by atoms with E-state index in [0.29, 0.717) is 49.1 Å². The molecule has 1 fully saturated rings. The van der Waals surface area contributed by atoms with Crippen LogP contribution in [0.2, 0.25) is 10.0 Å². The summed E-state index contributed by atoms with van der Waals surface area (Å²) in [5.41, 5.74) is 0.439. The van der Waals surface area contributed by atoms with Crippen molar-refractivity contribution in [3.05, 3.63) is 33.8 Å². The molecule has 0 aromatic heterocycles. The Morgan fingerprint density at radius 3 is 2.33 bits per heavy atom. The average molecular weight is 415 g/mol. The molecule has 1 saturated heterocycles. The third kappa shape index (κ3) is 6.28. The molecule has 2 rings (SSSR count). The van der Waals surface area contributed by atoms with Gasteiger partial charge in [-0.2, -0.15) is 0 Å². The van der Waals surface area contributed by atoms with E-state index >= 15 is 0 Å². The van der Waals surface area contributed by atoms with Gasteiger partial charge < -0.3 is 14.5 Å². The van der Waals surface area contributed by atoms with E-state index in [1.165, 1.54) is 0 Å². The number of likely N-dealkylation sites (tertiary alicyclic amines) is 1. The number of hydrogen-bond acceptors (Lipinski definition) is 3. The van der Waals surface area contributed by atoms with Crippen LogP contribution in [0.25, 0.3) is 0 Å². The van der Waals surface area contributed by atoms with Crippen LogP contribution in [0.5, 0.6) is 0 Å². The van der Waals surface area contributed by atoms with E-state index in [9.17, 15) is 9.59 Å². The van der Waals surface area contributed by atoms with Crippen LogP contribution < -0.4 is 0 Å². The summed E-state index contributed by atoms with van der Waals surface area (Å²) in [5.74, 6) is 0.0406. The number of ether oxygens (including phenoxy) is 1. The predicted molar refractivity (Wildman–Crippen MR) is 108 cm³/mol. The maximum Gasteiger partial charge on any atom is 0.410 e. The van der Waals surface area contributed by atoms with Gasteiger partial charge in [0.2, 0.25) is 5.91 Å². The molecule has 27 heavy (non-hydrogen) atoms. The normalized spacial score (nSPS) is 15.6. The lowest BCUT2D eigenvalue weighted by molar-refractivity contribution is -0.137. The Morgan fingerprint density at radius 1 is 1.19 bits per heavy atom. The van der Waals surface area contributed by atoms with Gasteiger partial charge in [0.1, 0.15) is 5.60 Å².